The molecule has 0 amide bonds. The van der Waals surface area contributed by atoms with Gasteiger partial charge in [0.2, 0.25) is 0 Å². The zero-order valence-corrected chi connectivity index (χ0v) is 14.8. The SMILES string of the molecule is CC(C)(C)C1=CN(CCCCn2cc(C(C)(C)C)nn2)NN1. The second kappa shape index (κ2) is 6.28. The van der Waals surface area contributed by atoms with Gasteiger partial charge in [0.15, 0.2) is 0 Å². The van der Waals surface area contributed by atoms with Crippen molar-refractivity contribution in [2.24, 2.45) is 5.41 Å². The van der Waals surface area contributed by atoms with Crippen molar-refractivity contribution in [1.82, 2.24) is 31.0 Å². The molecule has 124 valence electrons. The smallest absolute Gasteiger partial charge is 0.0880 e. The molecule has 1 aliphatic heterocycles. The second-order valence-electron chi connectivity index (χ2n) is 8.05. The monoisotopic (exact) mass is 306 g/mol. The van der Waals surface area contributed by atoms with Gasteiger partial charge >= 0.3 is 0 Å². The van der Waals surface area contributed by atoms with Crippen LogP contribution >= 0.6 is 0 Å². The van der Waals surface area contributed by atoms with Gasteiger partial charge in [0.25, 0.3) is 0 Å². The molecule has 0 spiro atoms. The van der Waals surface area contributed by atoms with E-state index in [1.165, 1.54) is 5.70 Å². The first kappa shape index (κ1) is 16.8. The molecule has 0 bridgehead atoms. The number of hydrogen-bond acceptors (Lipinski definition) is 5. The van der Waals surface area contributed by atoms with Crippen LogP contribution in [0.1, 0.15) is 60.1 Å². The van der Waals surface area contributed by atoms with E-state index >= 15 is 0 Å². The van der Waals surface area contributed by atoms with Crippen molar-refractivity contribution >= 4 is 0 Å². The summed E-state index contributed by atoms with van der Waals surface area (Å²) in [5.41, 5.74) is 8.91. The van der Waals surface area contributed by atoms with Gasteiger partial charge in [-0.1, -0.05) is 46.8 Å². The highest BCUT2D eigenvalue weighted by molar-refractivity contribution is 5.10. The molecule has 0 fully saturated rings. The van der Waals surface area contributed by atoms with E-state index in [4.69, 9.17) is 0 Å². The van der Waals surface area contributed by atoms with Crippen LogP contribution in [0.25, 0.3) is 0 Å². The number of rotatable bonds is 5. The van der Waals surface area contributed by atoms with Gasteiger partial charge < -0.3 is 5.43 Å². The Morgan fingerprint density at radius 1 is 1.00 bits per heavy atom. The van der Waals surface area contributed by atoms with Crippen molar-refractivity contribution in [2.75, 3.05) is 6.54 Å². The third-order valence-corrected chi connectivity index (χ3v) is 3.77. The lowest BCUT2D eigenvalue weighted by Crippen LogP contribution is -2.38. The molecule has 1 aliphatic rings. The predicted octanol–water partition coefficient (Wildman–Crippen LogP) is 2.57. The molecule has 0 aromatic carbocycles. The normalized spacial score (nSPS) is 15.9. The molecule has 0 saturated heterocycles. The van der Waals surface area contributed by atoms with Gasteiger partial charge in [-0.3, -0.25) is 9.69 Å². The summed E-state index contributed by atoms with van der Waals surface area (Å²) < 4.78 is 1.95. The van der Waals surface area contributed by atoms with Crippen molar-refractivity contribution in [3.05, 3.63) is 23.8 Å². The number of aromatic nitrogens is 3. The Morgan fingerprint density at radius 3 is 2.23 bits per heavy atom. The number of nitrogens with zero attached hydrogens (tertiary/aromatic N) is 4. The van der Waals surface area contributed by atoms with Crippen LogP contribution in [-0.4, -0.2) is 26.5 Å². The van der Waals surface area contributed by atoms with E-state index < -0.39 is 0 Å². The van der Waals surface area contributed by atoms with E-state index in [2.05, 4.69) is 80.2 Å². The summed E-state index contributed by atoms with van der Waals surface area (Å²) in [4.78, 5) is 0. The summed E-state index contributed by atoms with van der Waals surface area (Å²) in [7, 11) is 0. The van der Waals surface area contributed by atoms with Gasteiger partial charge in [-0.2, -0.15) is 0 Å². The Hall–Kier alpha value is -1.56. The van der Waals surface area contributed by atoms with Crippen LogP contribution in [0.4, 0.5) is 0 Å². The minimum atomic E-state index is 0.0670. The molecule has 22 heavy (non-hydrogen) atoms. The fourth-order valence-electron chi connectivity index (χ4n) is 2.16. The maximum atomic E-state index is 4.25. The van der Waals surface area contributed by atoms with Crippen LogP contribution in [0.15, 0.2) is 18.1 Å². The highest BCUT2D eigenvalue weighted by atomic mass is 15.7. The molecule has 1 aromatic heterocycles. The Morgan fingerprint density at radius 2 is 1.68 bits per heavy atom. The fraction of sp³-hybridized carbons (Fsp3) is 0.750. The standard InChI is InChI=1S/C16H30N6/c1-15(2,3)13-11-21(19-17-13)9-7-8-10-22-12-14(18-20-22)16(4,5)6/h11-12,17,19H,7-10H2,1-6H3. The summed E-state index contributed by atoms with van der Waals surface area (Å²) in [6.45, 7) is 15.0. The molecule has 0 radical (unpaired) electrons. The molecule has 0 unspecified atom stereocenters. The summed E-state index contributed by atoms with van der Waals surface area (Å²) in [6, 6.07) is 0. The van der Waals surface area contributed by atoms with Crippen molar-refractivity contribution in [1.29, 1.82) is 0 Å². The quantitative estimate of drug-likeness (QED) is 0.819. The highest BCUT2D eigenvalue weighted by Crippen LogP contribution is 2.24. The van der Waals surface area contributed by atoms with Gasteiger partial charge in [-0.15, -0.1) is 10.6 Å². The average Bonchev–Trinajstić information content (AvgIpc) is 3.02. The molecular formula is C16H30N6. The average molecular weight is 306 g/mol. The van der Waals surface area contributed by atoms with E-state index in [1.54, 1.807) is 0 Å². The number of hydrazine groups is 2. The van der Waals surface area contributed by atoms with E-state index in [0.29, 0.717) is 0 Å². The second-order valence-corrected chi connectivity index (χ2v) is 8.05. The Kier molecular flexibility index (Phi) is 4.80. The van der Waals surface area contributed by atoms with Gasteiger partial charge in [-0.25, -0.2) is 0 Å². The van der Waals surface area contributed by atoms with Crippen LogP contribution in [0.3, 0.4) is 0 Å². The molecule has 0 aliphatic carbocycles. The van der Waals surface area contributed by atoms with Crippen LogP contribution < -0.4 is 11.0 Å². The topological polar surface area (TPSA) is 58.0 Å². The van der Waals surface area contributed by atoms with Gasteiger partial charge in [0, 0.05) is 36.3 Å². The number of hydrogen-bond donors (Lipinski definition) is 2. The molecule has 0 atom stereocenters. The van der Waals surface area contributed by atoms with E-state index in [0.717, 1.165) is 31.6 Å². The van der Waals surface area contributed by atoms with Gasteiger partial charge in [0.05, 0.1) is 11.4 Å². The lowest BCUT2D eigenvalue weighted by Gasteiger charge is -2.18. The minimum absolute atomic E-state index is 0.0670. The fourth-order valence-corrected chi connectivity index (χ4v) is 2.16. The zero-order chi connectivity index (χ0) is 16.4. The molecular weight excluding hydrogens is 276 g/mol. The number of unbranched alkanes of at least 4 members (excludes halogenated alkanes) is 1. The molecule has 1 aromatic rings. The largest absolute Gasteiger partial charge is 0.306 e. The molecule has 2 heterocycles. The Labute approximate surface area is 133 Å². The predicted molar refractivity (Wildman–Crippen MR) is 88.5 cm³/mol. The number of nitrogens with one attached hydrogen (secondary N) is 2. The number of allylic oxidation sites excluding steroid dienone is 1. The van der Waals surface area contributed by atoms with Crippen molar-refractivity contribution < 1.29 is 0 Å². The van der Waals surface area contributed by atoms with E-state index in [-0.39, 0.29) is 10.8 Å². The Bertz CT molecular complexity index is 517. The molecule has 6 nitrogen and oxygen atoms in total. The summed E-state index contributed by atoms with van der Waals surface area (Å²) in [6.07, 6.45) is 6.41. The summed E-state index contributed by atoms with van der Waals surface area (Å²) in [5, 5.41) is 10.6. The molecule has 0 saturated carbocycles. The van der Waals surface area contributed by atoms with E-state index in [1.807, 2.05) is 4.68 Å². The van der Waals surface area contributed by atoms with Gasteiger partial charge in [-0.05, 0) is 12.8 Å². The first-order chi connectivity index (χ1) is 10.2. The first-order valence-electron chi connectivity index (χ1n) is 8.07. The molecule has 2 rings (SSSR count). The number of aryl methyl sites for hydroxylation is 1. The lowest BCUT2D eigenvalue weighted by molar-refractivity contribution is 0.259. The zero-order valence-electron chi connectivity index (χ0n) is 14.8. The van der Waals surface area contributed by atoms with Crippen molar-refractivity contribution in [2.45, 2.75) is 66.3 Å². The molecule has 2 N–H and O–H groups in total. The maximum absolute atomic E-state index is 4.25. The lowest BCUT2D eigenvalue weighted by atomic mass is 9.93. The van der Waals surface area contributed by atoms with E-state index in [9.17, 15) is 0 Å². The van der Waals surface area contributed by atoms with Crippen LogP contribution in [0.2, 0.25) is 0 Å². The minimum Gasteiger partial charge on any atom is -0.306 e. The first-order valence-corrected chi connectivity index (χ1v) is 8.07. The van der Waals surface area contributed by atoms with Gasteiger partial charge in [0.1, 0.15) is 0 Å². The maximum Gasteiger partial charge on any atom is 0.0880 e. The Balaban J connectivity index is 1.72. The summed E-state index contributed by atoms with van der Waals surface area (Å²) in [5.74, 6) is 0. The third kappa shape index (κ3) is 4.47. The van der Waals surface area contributed by atoms with Crippen LogP contribution in [0.5, 0.6) is 0 Å². The third-order valence-electron chi connectivity index (χ3n) is 3.77. The van der Waals surface area contributed by atoms with Crippen molar-refractivity contribution in [3.8, 4) is 0 Å². The van der Waals surface area contributed by atoms with Crippen LogP contribution in [0, 0.1) is 5.41 Å². The molecule has 6 heteroatoms. The van der Waals surface area contributed by atoms with Crippen LogP contribution in [-0.2, 0) is 12.0 Å². The van der Waals surface area contributed by atoms with Crippen molar-refractivity contribution in [3.63, 3.8) is 0 Å². The highest BCUT2D eigenvalue weighted by Gasteiger charge is 2.22. The summed E-state index contributed by atoms with van der Waals surface area (Å²) >= 11 is 0.